The highest BCUT2D eigenvalue weighted by Gasteiger charge is 2.25. The molecule has 1 aromatic carbocycles. The van der Waals surface area contributed by atoms with Crippen LogP contribution in [0.1, 0.15) is 11.7 Å². The van der Waals surface area contributed by atoms with Crippen molar-refractivity contribution < 1.29 is 18.3 Å². The highest BCUT2D eigenvalue weighted by atomic mass is 127. The molecule has 0 bridgehead atoms. The Morgan fingerprint density at radius 2 is 2.21 bits per heavy atom. The number of halogens is 3. The van der Waals surface area contributed by atoms with Gasteiger partial charge in [-0.05, 0) is 12.1 Å². The molecule has 1 aliphatic heterocycles. The molecular weight excluding hydrogens is 483 g/mol. The van der Waals surface area contributed by atoms with Crippen LogP contribution in [0.3, 0.4) is 0 Å². The maximum atomic E-state index is 13.2. The summed E-state index contributed by atoms with van der Waals surface area (Å²) in [6, 6.07) is 3.47. The van der Waals surface area contributed by atoms with Crippen LogP contribution in [-0.4, -0.2) is 60.5 Å². The second kappa shape index (κ2) is 10.6. The predicted octanol–water partition coefficient (Wildman–Crippen LogP) is 2.34. The lowest BCUT2D eigenvalue weighted by Gasteiger charge is -2.34. The Morgan fingerprint density at radius 1 is 1.39 bits per heavy atom. The van der Waals surface area contributed by atoms with Gasteiger partial charge in [-0.15, -0.1) is 24.0 Å². The van der Waals surface area contributed by atoms with Gasteiger partial charge in [-0.25, -0.2) is 8.78 Å². The number of hydrogen-bond acceptors (Lipinski definition) is 4. The van der Waals surface area contributed by atoms with Gasteiger partial charge in [-0.2, -0.15) is 5.10 Å². The van der Waals surface area contributed by atoms with E-state index in [1.807, 2.05) is 13.2 Å². The van der Waals surface area contributed by atoms with E-state index in [-0.39, 0.29) is 35.8 Å². The summed E-state index contributed by atoms with van der Waals surface area (Å²) in [5, 5.41) is 7.41. The topological polar surface area (TPSA) is 63.9 Å². The van der Waals surface area contributed by atoms with Gasteiger partial charge in [0, 0.05) is 38.5 Å². The fourth-order valence-electron chi connectivity index (χ4n) is 2.88. The molecule has 1 atom stereocenters. The minimum atomic E-state index is -0.925. The number of aryl methyl sites for hydroxylation is 1. The fraction of sp³-hybridized carbons (Fsp3) is 0.444. The standard InChI is InChI=1S/C18H23F2N5O2.HI/c1-21-18(22-5-7-26-14-3-4-15(19)16(20)9-14)25-6-8-27-17(12-25)13-10-23-24(2)11-13;/h3-4,9-11,17H,5-8,12H2,1-2H3,(H,21,22);1H. The van der Waals surface area contributed by atoms with E-state index in [0.29, 0.717) is 26.3 Å². The van der Waals surface area contributed by atoms with Gasteiger partial charge in [-0.3, -0.25) is 9.67 Å². The van der Waals surface area contributed by atoms with Gasteiger partial charge in [0.15, 0.2) is 17.6 Å². The molecule has 28 heavy (non-hydrogen) atoms. The number of nitrogens with zero attached hydrogens (tertiary/aromatic N) is 4. The van der Waals surface area contributed by atoms with Crippen molar-refractivity contribution in [2.45, 2.75) is 6.10 Å². The van der Waals surface area contributed by atoms with Crippen LogP contribution in [0.15, 0.2) is 35.6 Å². The highest BCUT2D eigenvalue weighted by molar-refractivity contribution is 14.0. The minimum absolute atomic E-state index is 0. The number of ether oxygens (including phenoxy) is 2. The summed E-state index contributed by atoms with van der Waals surface area (Å²) < 4.78 is 39.1. The first-order valence-corrected chi connectivity index (χ1v) is 8.70. The number of aliphatic imine (C=N–C) groups is 1. The quantitative estimate of drug-likeness (QED) is 0.292. The van der Waals surface area contributed by atoms with Crippen molar-refractivity contribution in [1.29, 1.82) is 0 Å². The number of hydrogen-bond donors (Lipinski definition) is 1. The van der Waals surface area contributed by atoms with Crippen LogP contribution in [0.2, 0.25) is 0 Å². The van der Waals surface area contributed by atoms with Crippen molar-refractivity contribution in [3.05, 3.63) is 47.8 Å². The third-order valence-corrected chi connectivity index (χ3v) is 4.22. The molecule has 1 saturated heterocycles. The van der Waals surface area contributed by atoms with Gasteiger partial charge in [0.25, 0.3) is 0 Å². The molecule has 7 nitrogen and oxygen atoms in total. The smallest absolute Gasteiger partial charge is 0.193 e. The molecule has 1 aliphatic rings. The van der Waals surface area contributed by atoms with Crippen LogP contribution < -0.4 is 10.1 Å². The zero-order valence-electron chi connectivity index (χ0n) is 15.8. The second-order valence-corrected chi connectivity index (χ2v) is 6.15. The first-order chi connectivity index (χ1) is 13.1. The van der Waals surface area contributed by atoms with Crippen LogP contribution in [0.25, 0.3) is 0 Å². The average Bonchev–Trinajstić information content (AvgIpc) is 3.11. The third-order valence-electron chi connectivity index (χ3n) is 4.22. The van der Waals surface area contributed by atoms with Gasteiger partial charge < -0.3 is 19.7 Å². The number of rotatable bonds is 5. The minimum Gasteiger partial charge on any atom is -0.492 e. The van der Waals surface area contributed by atoms with Gasteiger partial charge in [0.2, 0.25) is 0 Å². The summed E-state index contributed by atoms with van der Waals surface area (Å²) in [6.45, 7) is 2.74. The van der Waals surface area contributed by atoms with Crippen LogP contribution in [-0.2, 0) is 11.8 Å². The molecule has 2 heterocycles. The normalized spacial score (nSPS) is 17.2. The van der Waals surface area contributed by atoms with E-state index in [9.17, 15) is 8.78 Å². The Kier molecular flexibility index (Phi) is 8.42. The van der Waals surface area contributed by atoms with E-state index < -0.39 is 11.6 Å². The van der Waals surface area contributed by atoms with E-state index in [1.165, 1.54) is 6.07 Å². The molecule has 0 amide bonds. The molecular formula is C18H24F2IN5O2. The van der Waals surface area contributed by atoms with Crippen LogP contribution in [0, 0.1) is 11.6 Å². The third kappa shape index (κ3) is 5.77. The SMILES string of the molecule is CN=C(NCCOc1ccc(F)c(F)c1)N1CCOC(c2cnn(C)c2)C1.I. The molecule has 154 valence electrons. The maximum absolute atomic E-state index is 13.2. The molecule has 0 saturated carbocycles. The molecule has 1 aromatic heterocycles. The number of morpholine rings is 1. The summed E-state index contributed by atoms with van der Waals surface area (Å²) in [6.07, 6.45) is 3.68. The lowest BCUT2D eigenvalue weighted by molar-refractivity contribution is -0.00805. The average molecular weight is 507 g/mol. The lowest BCUT2D eigenvalue weighted by Crippen LogP contribution is -2.48. The van der Waals surface area contributed by atoms with Gasteiger partial charge in [0.05, 0.1) is 25.9 Å². The van der Waals surface area contributed by atoms with E-state index in [4.69, 9.17) is 9.47 Å². The van der Waals surface area contributed by atoms with E-state index in [2.05, 4.69) is 20.3 Å². The number of guanidine groups is 1. The van der Waals surface area contributed by atoms with Crippen molar-refractivity contribution >= 4 is 29.9 Å². The first kappa shape index (κ1) is 22.3. The van der Waals surface area contributed by atoms with E-state index in [1.54, 1.807) is 17.9 Å². The summed E-state index contributed by atoms with van der Waals surface area (Å²) in [5.41, 5.74) is 1.03. The molecule has 10 heteroatoms. The summed E-state index contributed by atoms with van der Waals surface area (Å²) >= 11 is 0. The summed E-state index contributed by atoms with van der Waals surface area (Å²) in [4.78, 5) is 6.42. The van der Waals surface area contributed by atoms with Crippen molar-refractivity contribution in [3.8, 4) is 5.75 Å². The Balaban J connectivity index is 0.00000280. The summed E-state index contributed by atoms with van der Waals surface area (Å²) in [5.74, 6) is -0.794. The lowest BCUT2D eigenvalue weighted by atomic mass is 10.1. The zero-order chi connectivity index (χ0) is 19.2. The molecule has 3 rings (SSSR count). The fourth-order valence-corrected chi connectivity index (χ4v) is 2.88. The van der Waals surface area contributed by atoms with Gasteiger partial charge in [-0.1, -0.05) is 0 Å². The summed E-state index contributed by atoms with van der Waals surface area (Å²) in [7, 11) is 3.59. The van der Waals surface area contributed by atoms with Crippen LogP contribution >= 0.6 is 24.0 Å². The van der Waals surface area contributed by atoms with Crippen LogP contribution in [0.4, 0.5) is 8.78 Å². The molecule has 2 aromatic rings. The zero-order valence-corrected chi connectivity index (χ0v) is 18.1. The second-order valence-electron chi connectivity index (χ2n) is 6.15. The molecule has 1 fully saturated rings. The van der Waals surface area contributed by atoms with Crippen LogP contribution in [0.5, 0.6) is 5.75 Å². The van der Waals surface area contributed by atoms with Gasteiger partial charge >= 0.3 is 0 Å². The first-order valence-electron chi connectivity index (χ1n) is 8.70. The van der Waals surface area contributed by atoms with Gasteiger partial charge in [0.1, 0.15) is 18.5 Å². The molecule has 0 aliphatic carbocycles. The Labute approximate surface area is 179 Å². The number of nitrogens with one attached hydrogen (secondary N) is 1. The molecule has 0 spiro atoms. The molecule has 1 unspecified atom stereocenters. The van der Waals surface area contributed by atoms with E-state index in [0.717, 1.165) is 30.2 Å². The Morgan fingerprint density at radius 3 is 2.89 bits per heavy atom. The Hall–Kier alpha value is -1.95. The maximum Gasteiger partial charge on any atom is 0.193 e. The monoisotopic (exact) mass is 507 g/mol. The molecule has 0 radical (unpaired) electrons. The van der Waals surface area contributed by atoms with Crippen molar-refractivity contribution in [2.24, 2.45) is 12.0 Å². The Bertz CT molecular complexity index is 802. The molecule has 1 N–H and O–H groups in total. The highest BCUT2D eigenvalue weighted by Crippen LogP contribution is 2.21. The van der Waals surface area contributed by atoms with Crippen molar-refractivity contribution in [3.63, 3.8) is 0 Å². The predicted molar refractivity (Wildman–Crippen MR) is 112 cm³/mol. The van der Waals surface area contributed by atoms with Crippen molar-refractivity contribution in [1.82, 2.24) is 20.0 Å². The largest absolute Gasteiger partial charge is 0.492 e. The number of aromatic nitrogens is 2. The number of benzene rings is 1. The van der Waals surface area contributed by atoms with Crippen molar-refractivity contribution in [2.75, 3.05) is 39.9 Å². The van der Waals surface area contributed by atoms with E-state index >= 15 is 0 Å².